The van der Waals surface area contributed by atoms with Crippen LogP contribution in [0.4, 0.5) is 0 Å². The fourth-order valence-electron chi connectivity index (χ4n) is 2.83. The summed E-state index contributed by atoms with van der Waals surface area (Å²) >= 11 is 0. The SMILES string of the molecule is COc1cc(CN2CCc3c(nc(C)[nH]c3=O)C2)ccc1O. The van der Waals surface area contributed by atoms with Crippen LogP contribution in [0.5, 0.6) is 11.5 Å². The van der Waals surface area contributed by atoms with Crippen LogP contribution in [0.2, 0.25) is 0 Å². The first kappa shape index (κ1) is 14.6. The number of nitrogens with zero attached hydrogens (tertiary/aromatic N) is 2. The minimum absolute atomic E-state index is 0.0200. The van der Waals surface area contributed by atoms with Crippen molar-refractivity contribution in [2.75, 3.05) is 13.7 Å². The van der Waals surface area contributed by atoms with Crippen molar-refractivity contribution >= 4 is 0 Å². The topological polar surface area (TPSA) is 78.5 Å². The van der Waals surface area contributed by atoms with E-state index in [0.29, 0.717) is 24.5 Å². The summed E-state index contributed by atoms with van der Waals surface area (Å²) in [5.41, 5.74) is 2.69. The van der Waals surface area contributed by atoms with E-state index < -0.39 is 0 Å². The Hall–Kier alpha value is -2.34. The minimum Gasteiger partial charge on any atom is -0.504 e. The molecule has 1 aliphatic rings. The summed E-state index contributed by atoms with van der Waals surface area (Å²) in [7, 11) is 1.54. The molecule has 0 aliphatic carbocycles. The first-order chi connectivity index (χ1) is 10.6. The Labute approximate surface area is 128 Å². The van der Waals surface area contributed by atoms with Crippen molar-refractivity contribution in [3.63, 3.8) is 0 Å². The quantitative estimate of drug-likeness (QED) is 0.895. The van der Waals surface area contributed by atoms with Crippen LogP contribution in [-0.2, 0) is 19.5 Å². The number of aromatic amines is 1. The van der Waals surface area contributed by atoms with Crippen molar-refractivity contribution in [2.24, 2.45) is 0 Å². The lowest BCUT2D eigenvalue weighted by molar-refractivity contribution is 0.239. The Morgan fingerprint density at radius 2 is 2.27 bits per heavy atom. The van der Waals surface area contributed by atoms with E-state index in [2.05, 4.69) is 14.9 Å². The fourth-order valence-corrected chi connectivity index (χ4v) is 2.83. The third kappa shape index (κ3) is 2.82. The van der Waals surface area contributed by atoms with E-state index in [1.54, 1.807) is 13.0 Å². The van der Waals surface area contributed by atoms with Crippen molar-refractivity contribution in [3.8, 4) is 11.5 Å². The molecule has 0 fully saturated rings. The lowest BCUT2D eigenvalue weighted by Crippen LogP contribution is -2.35. The average molecular weight is 301 g/mol. The minimum atomic E-state index is -0.0200. The molecule has 0 radical (unpaired) electrons. The molecule has 0 bridgehead atoms. The van der Waals surface area contributed by atoms with Gasteiger partial charge in [-0.15, -0.1) is 0 Å². The fraction of sp³-hybridized carbons (Fsp3) is 0.375. The van der Waals surface area contributed by atoms with Gasteiger partial charge in [0.15, 0.2) is 11.5 Å². The predicted molar refractivity (Wildman–Crippen MR) is 82.1 cm³/mol. The number of ether oxygens (including phenoxy) is 1. The van der Waals surface area contributed by atoms with Gasteiger partial charge in [-0.25, -0.2) is 4.98 Å². The second-order valence-electron chi connectivity index (χ2n) is 5.54. The van der Waals surface area contributed by atoms with Gasteiger partial charge in [0.2, 0.25) is 0 Å². The molecular weight excluding hydrogens is 282 g/mol. The number of aromatic hydroxyl groups is 1. The molecule has 6 heteroatoms. The number of hydrogen-bond donors (Lipinski definition) is 2. The Morgan fingerprint density at radius 3 is 3.05 bits per heavy atom. The molecule has 0 amide bonds. The Kier molecular flexibility index (Phi) is 3.85. The van der Waals surface area contributed by atoms with Crippen LogP contribution in [-0.4, -0.2) is 33.6 Å². The molecule has 0 saturated heterocycles. The molecular formula is C16H19N3O3. The summed E-state index contributed by atoms with van der Waals surface area (Å²) in [6.45, 7) is 3.99. The summed E-state index contributed by atoms with van der Waals surface area (Å²) in [6.07, 6.45) is 0.702. The van der Waals surface area contributed by atoms with Crippen molar-refractivity contribution < 1.29 is 9.84 Å². The summed E-state index contributed by atoms with van der Waals surface area (Å²) in [5.74, 6) is 1.26. The Balaban J connectivity index is 1.79. The van der Waals surface area contributed by atoms with Crippen LogP contribution in [0.15, 0.2) is 23.0 Å². The second-order valence-corrected chi connectivity index (χ2v) is 5.54. The zero-order chi connectivity index (χ0) is 15.7. The molecule has 0 saturated carbocycles. The number of nitrogens with one attached hydrogen (secondary N) is 1. The van der Waals surface area contributed by atoms with Crippen LogP contribution >= 0.6 is 0 Å². The molecule has 2 aromatic rings. The molecule has 2 heterocycles. The number of H-pyrrole nitrogens is 1. The number of phenolic OH excluding ortho intramolecular Hbond substituents is 1. The monoisotopic (exact) mass is 301 g/mol. The number of rotatable bonds is 3. The number of hydrogen-bond acceptors (Lipinski definition) is 5. The number of phenols is 1. The normalized spacial score (nSPS) is 14.6. The lowest BCUT2D eigenvalue weighted by atomic mass is 10.1. The van der Waals surface area contributed by atoms with Gasteiger partial charge in [-0.1, -0.05) is 6.07 Å². The number of aromatic nitrogens is 2. The van der Waals surface area contributed by atoms with Crippen LogP contribution in [0.1, 0.15) is 22.6 Å². The molecule has 1 aromatic carbocycles. The maximum atomic E-state index is 11.9. The van der Waals surface area contributed by atoms with E-state index in [-0.39, 0.29) is 11.3 Å². The standard InChI is InChI=1S/C16H19N3O3/c1-10-17-13-9-19(6-5-12(13)16(21)18-10)8-11-3-4-14(20)15(7-11)22-2/h3-4,7,20H,5-6,8-9H2,1-2H3,(H,17,18,21). The summed E-state index contributed by atoms with van der Waals surface area (Å²) in [6, 6.07) is 5.35. The smallest absolute Gasteiger partial charge is 0.254 e. The molecule has 6 nitrogen and oxygen atoms in total. The van der Waals surface area contributed by atoms with Crippen molar-refractivity contribution in [2.45, 2.75) is 26.4 Å². The third-order valence-corrected chi connectivity index (χ3v) is 3.92. The molecule has 1 aromatic heterocycles. The van der Waals surface area contributed by atoms with Crippen molar-refractivity contribution in [1.82, 2.24) is 14.9 Å². The van der Waals surface area contributed by atoms with E-state index in [4.69, 9.17) is 4.74 Å². The number of fused-ring (bicyclic) bond motifs is 1. The second kappa shape index (κ2) is 5.81. The van der Waals surface area contributed by atoms with E-state index in [0.717, 1.165) is 29.9 Å². The summed E-state index contributed by atoms with van der Waals surface area (Å²) < 4.78 is 5.14. The average Bonchev–Trinajstić information content (AvgIpc) is 2.48. The van der Waals surface area contributed by atoms with Gasteiger partial charge >= 0.3 is 0 Å². The zero-order valence-electron chi connectivity index (χ0n) is 12.7. The summed E-state index contributed by atoms with van der Waals surface area (Å²) in [5, 5.41) is 9.65. The van der Waals surface area contributed by atoms with E-state index >= 15 is 0 Å². The Morgan fingerprint density at radius 1 is 1.45 bits per heavy atom. The first-order valence-electron chi connectivity index (χ1n) is 7.23. The highest BCUT2D eigenvalue weighted by atomic mass is 16.5. The van der Waals surface area contributed by atoms with Crippen LogP contribution in [0.3, 0.4) is 0 Å². The molecule has 3 rings (SSSR count). The van der Waals surface area contributed by atoms with Crippen LogP contribution < -0.4 is 10.3 Å². The first-order valence-corrected chi connectivity index (χ1v) is 7.23. The van der Waals surface area contributed by atoms with Gasteiger partial charge in [-0.2, -0.15) is 0 Å². The zero-order valence-corrected chi connectivity index (χ0v) is 12.7. The largest absolute Gasteiger partial charge is 0.504 e. The van der Waals surface area contributed by atoms with E-state index in [9.17, 15) is 9.90 Å². The molecule has 0 atom stereocenters. The van der Waals surface area contributed by atoms with E-state index in [1.165, 1.54) is 7.11 Å². The maximum absolute atomic E-state index is 11.9. The molecule has 0 unspecified atom stereocenters. The lowest BCUT2D eigenvalue weighted by Gasteiger charge is -2.27. The van der Waals surface area contributed by atoms with Gasteiger partial charge in [0.05, 0.1) is 12.8 Å². The van der Waals surface area contributed by atoms with Gasteiger partial charge < -0.3 is 14.8 Å². The highest BCUT2D eigenvalue weighted by Crippen LogP contribution is 2.27. The number of aryl methyl sites for hydroxylation is 1. The van der Waals surface area contributed by atoms with E-state index in [1.807, 2.05) is 12.1 Å². The highest BCUT2D eigenvalue weighted by molar-refractivity contribution is 5.41. The summed E-state index contributed by atoms with van der Waals surface area (Å²) in [4.78, 5) is 21.4. The molecule has 0 spiro atoms. The molecule has 22 heavy (non-hydrogen) atoms. The maximum Gasteiger partial charge on any atom is 0.254 e. The van der Waals surface area contributed by atoms with Gasteiger partial charge in [0.25, 0.3) is 5.56 Å². The van der Waals surface area contributed by atoms with Gasteiger partial charge in [-0.3, -0.25) is 9.69 Å². The van der Waals surface area contributed by atoms with Crippen molar-refractivity contribution in [3.05, 3.63) is 51.2 Å². The van der Waals surface area contributed by atoms with Crippen molar-refractivity contribution in [1.29, 1.82) is 0 Å². The molecule has 1 aliphatic heterocycles. The van der Waals surface area contributed by atoms with Gasteiger partial charge in [0.1, 0.15) is 5.82 Å². The van der Waals surface area contributed by atoms with Crippen LogP contribution in [0.25, 0.3) is 0 Å². The van der Waals surface area contributed by atoms with Gasteiger partial charge in [-0.05, 0) is 31.0 Å². The van der Waals surface area contributed by atoms with Crippen LogP contribution in [0, 0.1) is 6.92 Å². The molecule has 116 valence electrons. The Bertz CT molecular complexity index is 755. The number of benzene rings is 1. The van der Waals surface area contributed by atoms with Gasteiger partial charge in [0, 0.05) is 25.2 Å². The third-order valence-electron chi connectivity index (χ3n) is 3.92. The predicted octanol–water partition coefficient (Wildman–Crippen LogP) is 1.35. The number of methoxy groups -OCH3 is 1. The highest BCUT2D eigenvalue weighted by Gasteiger charge is 2.20. The molecule has 2 N–H and O–H groups in total.